The lowest BCUT2D eigenvalue weighted by Crippen LogP contribution is -2.58. The molecule has 0 N–H and O–H groups in total. The molecule has 0 bridgehead atoms. The first-order valence-corrected chi connectivity index (χ1v) is 7.17. The van der Waals surface area contributed by atoms with E-state index >= 15 is 0 Å². The lowest BCUT2D eigenvalue weighted by atomic mass is 9.83. The van der Waals surface area contributed by atoms with Crippen LogP contribution >= 0.6 is 0 Å². The Morgan fingerprint density at radius 3 is 2.55 bits per heavy atom. The Kier molecular flexibility index (Phi) is 3.28. The van der Waals surface area contributed by atoms with Gasteiger partial charge in [0.1, 0.15) is 11.9 Å². The molecular formula is C15H20N2O3. The Morgan fingerprint density at radius 2 is 2.00 bits per heavy atom. The molecule has 0 atom stereocenters. The number of carbonyl (C=O) groups is 1. The highest BCUT2D eigenvalue weighted by Gasteiger charge is 2.37. The Bertz CT molecular complexity index is 583. The second-order valence-electron chi connectivity index (χ2n) is 5.84. The van der Waals surface area contributed by atoms with Crippen molar-refractivity contribution < 1.29 is 9.53 Å². The summed E-state index contributed by atoms with van der Waals surface area (Å²) in [6.45, 7) is 3.16. The van der Waals surface area contributed by atoms with E-state index in [1.54, 1.807) is 11.6 Å². The van der Waals surface area contributed by atoms with Gasteiger partial charge in [-0.3, -0.25) is 9.59 Å². The summed E-state index contributed by atoms with van der Waals surface area (Å²) >= 11 is 0. The predicted octanol–water partition coefficient (Wildman–Crippen LogP) is 1.08. The van der Waals surface area contributed by atoms with Crippen LogP contribution < -0.4 is 10.3 Å². The van der Waals surface area contributed by atoms with Crippen LogP contribution in [0.1, 0.15) is 25.0 Å². The van der Waals surface area contributed by atoms with Gasteiger partial charge in [-0.15, -0.1) is 0 Å². The molecule has 5 nitrogen and oxygen atoms in total. The van der Waals surface area contributed by atoms with Crippen LogP contribution in [0.2, 0.25) is 0 Å². The number of rotatable bonds is 3. The average Bonchev–Trinajstić information content (AvgIpc) is 2.27. The first-order valence-electron chi connectivity index (χ1n) is 7.17. The fourth-order valence-electron chi connectivity index (χ4n) is 2.60. The van der Waals surface area contributed by atoms with Gasteiger partial charge in [0, 0.05) is 24.7 Å². The second-order valence-corrected chi connectivity index (χ2v) is 5.84. The number of likely N-dealkylation sites (tertiary alicyclic amines) is 1. The van der Waals surface area contributed by atoms with Gasteiger partial charge in [0.15, 0.2) is 0 Å². The van der Waals surface area contributed by atoms with Gasteiger partial charge in [-0.25, -0.2) is 0 Å². The van der Waals surface area contributed by atoms with Crippen LogP contribution in [0, 0.1) is 12.8 Å². The summed E-state index contributed by atoms with van der Waals surface area (Å²) in [5.74, 6) is 1.13. The van der Waals surface area contributed by atoms with Gasteiger partial charge < -0.3 is 14.2 Å². The summed E-state index contributed by atoms with van der Waals surface area (Å²) in [6.07, 6.45) is 3.27. The van der Waals surface area contributed by atoms with Crippen molar-refractivity contribution in [2.45, 2.75) is 32.3 Å². The van der Waals surface area contributed by atoms with Crippen LogP contribution in [-0.4, -0.2) is 34.6 Å². The normalized spacial score (nSPS) is 19.4. The van der Waals surface area contributed by atoms with E-state index in [1.807, 2.05) is 17.9 Å². The highest BCUT2D eigenvalue weighted by Crippen LogP contribution is 2.30. The van der Waals surface area contributed by atoms with Crippen molar-refractivity contribution in [1.29, 1.82) is 0 Å². The number of aromatic nitrogens is 1. The van der Waals surface area contributed by atoms with E-state index in [2.05, 4.69) is 0 Å². The molecule has 0 aromatic carbocycles. The summed E-state index contributed by atoms with van der Waals surface area (Å²) < 4.78 is 7.35. The summed E-state index contributed by atoms with van der Waals surface area (Å²) in [6, 6.07) is 3.36. The zero-order valence-electron chi connectivity index (χ0n) is 12.0. The third-order valence-corrected chi connectivity index (χ3v) is 4.39. The molecule has 0 unspecified atom stereocenters. The molecule has 0 radical (unpaired) electrons. The van der Waals surface area contributed by atoms with Gasteiger partial charge in [-0.1, -0.05) is 6.42 Å². The zero-order valence-corrected chi connectivity index (χ0v) is 12.0. The first-order chi connectivity index (χ1) is 9.54. The number of amides is 1. The molecule has 108 valence electrons. The summed E-state index contributed by atoms with van der Waals surface area (Å²) in [5.41, 5.74) is 0.802. The van der Waals surface area contributed by atoms with E-state index < -0.39 is 0 Å². The monoisotopic (exact) mass is 276 g/mol. The fourth-order valence-corrected chi connectivity index (χ4v) is 2.60. The Labute approximate surface area is 118 Å². The minimum absolute atomic E-state index is 0.0190. The van der Waals surface area contributed by atoms with E-state index in [9.17, 15) is 9.59 Å². The Hall–Kier alpha value is -1.78. The fraction of sp³-hybridized carbons (Fsp3) is 0.600. The molecule has 20 heavy (non-hydrogen) atoms. The minimum atomic E-state index is -0.0678. The van der Waals surface area contributed by atoms with Crippen molar-refractivity contribution in [3.63, 3.8) is 0 Å². The topological polar surface area (TPSA) is 51.5 Å². The number of carbonyl (C=O) groups excluding carboxylic acids is 1. The third kappa shape index (κ3) is 2.32. The first kappa shape index (κ1) is 13.2. The highest BCUT2D eigenvalue weighted by atomic mass is 16.5. The minimum Gasteiger partial charge on any atom is -0.486 e. The molecule has 2 aliphatic rings. The highest BCUT2D eigenvalue weighted by molar-refractivity contribution is 5.80. The van der Waals surface area contributed by atoms with Gasteiger partial charge in [-0.2, -0.15) is 0 Å². The number of aryl methyl sites for hydroxylation is 1. The summed E-state index contributed by atoms with van der Waals surface area (Å²) in [4.78, 5) is 25.5. The molecule has 0 spiro atoms. The molecule has 1 saturated heterocycles. The number of hydrogen-bond donors (Lipinski definition) is 0. The molecular weight excluding hydrogens is 256 g/mol. The number of hydrogen-bond acceptors (Lipinski definition) is 3. The van der Waals surface area contributed by atoms with Gasteiger partial charge in [0.25, 0.3) is 5.56 Å². The number of pyridine rings is 1. The zero-order chi connectivity index (χ0) is 14.3. The Balaban J connectivity index is 1.56. The molecule has 1 aromatic rings. The van der Waals surface area contributed by atoms with Crippen LogP contribution in [0.15, 0.2) is 16.9 Å². The molecule has 5 heteroatoms. The average molecular weight is 276 g/mol. The maximum atomic E-state index is 12.0. The molecule has 1 aliphatic carbocycles. The standard InChI is InChI=1S/C15H20N2O3/c1-10-6-12(7-14(18)16(10)2)20-13-8-17(9-13)15(19)11-4-3-5-11/h6-7,11,13H,3-5,8-9H2,1-2H3. The molecule has 1 saturated carbocycles. The smallest absolute Gasteiger partial charge is 0.254 e. The SMILES string of the molecule is Cc1cc(OC2CN(C(=O)C3CCC3)C2)cc(=O)n1C. The maximum Gasteiger partial charge on any atom is 0.254 e. The number of ether oxygens (including phenoxy) is 1. The van der Waals surface area contributed by atoms with Gasteiger partial charge in [0.05, 0.1) is 13.1 Å². The van der Waals surface area contributed by atoms with E-state index in [0.29, 0.717) is 18.8 Å². The van der Waals surface area contributed by atoms with Crippen LogP contribution in [-0.2, 0) is 11.8 Å². The van der Waals surface area contributed by atoms with Crippen LogP contribution in [0.3, 0.4) is 0 Å². The number of nitrogens with zero attached hydrogens (tertiary/aromatic N) is 2. The van der Waals surface area contributed by atoms with Crippen LogP contribution in [0.5, 0.6) is 5.75 Å². The molecule has 1 aliphatic heterocycles. The van der Waals surface area contributed by atoms with Crippen LogP contribution in [0.25, 0.3) is 0 Å². The lowest BCUT2D eigenvalue weighted by molar-refractivity contribution is -0.147. The molecule has 1 amide bonds. The van der Waals surface area contributed by atoms with Gasteiger partial charge in [0.2, 0.25) is 5.91 Å². The van der Waals surface area contributed by atoms with Crippen molar-refractivity contribution in [3.8, 4) is 5.75 Å². The van der Waals surface area contributed by atoms with Crippen molar-refractivity contribution in [3.05, 3.63) is 28.2 Å². The predicted molar refractivity (Wildman–Crippen MR) is 74.8 cm³/mol. The van der Waals surface area contributed by atoms with Gasteiger partial charge >= 0.3 is 0 Å². The van der Waals surface area contributed by atoms with Crippen molar-refractivity contribution in [1.82, 2.24) is 9.47 Å². The van der Waals surface area contributed by atoms with E-state index in [0.717, 1.165) is 18.5 Å². The van der Waals surface area contributed by atoms with Crippen molar-refractivity contribution >= 4 is 5.91 Å². The third-order valence-electron chi connectivity index (χ3n) is 4.39. The van der Waals surface area contributed by atoms with Crippen molar-refractivity contribution in [2.24, 2.45) is 13.0 Å². The second kappa shape index (κ2) is 4.96. The lowest BCUT2D eigenvalue weighted by Gasteiger charge is -2.42. The van der Waals surface area contributed by atoms with Crippen molar-refractivity contribution in [2.75, 3.05) is 13.1 Å². The summed E-state index contributed by atoms with van der Waals surface area (Å²) in [7, 11) is 1.74. The van der Waals surface area contributed by atoms with E-state index in [4.69, 9.17) is 4.74 Å². The van der Waals surface area contributed by atoms with Crippen LogP contribution in [0.4, 0.5) is 0 Å². The molecule has 2 heterocycles. The molecule has 3 rings (SSSR count). The van der Waals surface area contributed by atoms with Gasteiger partial charge in [-0.05, 0) is 25.8 Å². The Morgan fingerprint density at radius 1 is 1.30 bits per heavy atom. The molecule has 2 fully saturated rings. The summed E-state index contributed by atoms with van der Waals surface area (Å²) in [5, 5.41) is 0. The quantitative estimate of drug-likeness (QED) is 0.830. The van der Waals surface area contributed by atoms with E-state index in [-0.39, 0.29) is 23.5 Å². The maximum absolute atomic E-state index is 12.0. The van der Waals surface area contributed by atoms with E-state index in [1.165, 1.54) is 12.5 Å². The molecule has 1 aromatic heterocycles. The largest absolute Gasteiger partial charge is 0.486 e.